The number of nitrogens with two attached hydrogens (primary N) is 1. The summed E-state index contributed by atoms with van der Waals surface area (Å²) in [5.74, 6) is 0.716. The molecule has 0 amide bonds. The van der Waals surface area contributed by atoms with E-state index in [1.54, 1.807) is 0 Å². The molecule has 2 N–H and O–H groups in total. The smallest absolute Gasteiger partial charge is 0.141 e. The van der Waals surface area contributed by atoms with Crippen molar-refractivity contribution >= 4 is 40.2 Å². The van der Waals surface area contributed by atoms with E-state index in [0.29, 0.717) is 22.3 Å². The first-order chi connectivity index (χ1) is 12.1. The molecule has 0 saturated heterocycles. The lowest BCUT2D eigenvalue weighted by molar-refractivity contribution is 0.303. The van der Waals surface area contributed by atoms with Crippen molar-refractivity contribution in [1.29, 1.82) is 0 Å². The molecule has 0 aliphatic carbocycles. The standard InChI is InChI=1S/C20H18Cl2N2O/c1-13-19(11-15-5-2-3-7-18(15)24-13)25-12-16-17(21)9-8-14(20(16)22)6-4-10-23/h2-9,11H,10,12,23H2,1H3. The topological polar surface area (TPSA) is 48.1 Å². The van der Waals surface area contributed by atoms with Gasteiger partial charge in [-0.05, 0) is 30.7 Å². The molecule has 25 heavy (non-hydrogen) atoms. The van der Waals surface area contributed by atoms with E-state index in [9.17, 15) is 0 Å². The first-order valence-electron chi connectivity index (χ1n) is 7.93. The maximum atomic E-state index is 6.48. The molecular formula is C20H18Cl2N2O. The van der Waals surface area contributed by atoms with E-state index in [4.69, 9.17) is 33.7 Å². The molecule has 3 aromatic rings. The van der Waals surface area contributed by atoms with Crippen molar-refractivity contribution < 1.29 is 4.74 Å². The van der Waals surface area contributed by atoms with Crippen molar-refractivity contribution in [2.75, 3.05) is 6.54 Å². The van der Waals surface area contributed by atoms with Gasteiger partial charge in [0.1, 0.15) is 12.4 Å². The van der Waals surface area contributed by atoms with Crippen LogP contribution in [0.15, 0.2) is 48.5 Å². The third-order valence-electron chi connectivity index (χ3n) is 3.89. The Labute approximate surface area is 157 Å². The van der Waals surface area contributed by atoms with Crippen LogP contribution in [0.1, 0.15) is 16.8 Å². The second kappa shape index (κ2) is 7.87. The first kappa shape index (κ1) is 17.7. The highest BCUT2D eigenvalue weighted by atomic mass is 35.5. The van der Waals surface area contributed by atoms with E-state index in [0.717, 1.165) is 27.7 Å². The van der Waals surface area contributed by atoms with E-state index in [2.05, 4.69) is 4.98 Å². The number of benzene rings is 2. The molecule has 0 bridgehead atoms. The van der Waals surface area contributed by atoms with Gasteiger partial charge in [-0.2, -0.15) is 0 Å². The Hall–Kier alpha value is -2.07. The quantitative estimate of drug-likeness (QED) is 0.651. The third kappa shape index (κ3) is 3.96. The van der Waals surface area contributed by atoms with Gasteiger partial charge in [-0.15, -0.1) is 0 Å². The molecule has 3 rings (SSSR count). The number of pyridine rings is 1. The Morgan fingerprint density at radius 1 is 1.16 bits per heavy atom. The number of halogens is 2. The fourth-order valence-electron chi connectivity index (χ4n) is 2.56. The van der Waals surface area contributed by atoms with Crippen LogP contribution in [-0.4, -0.2) is 11.5 Å². The van der Waals surface area contributed by atoms with Crippen LogP contribution >= 0.6 is 23.2 Å². The predicted molar refractivity (Wildman–Crippen MR) is 105 cm³/mol. The second-order valence-electron chi connectivity index (χ2n) is 5.62. The van der Waals surface area contributed by atoms with Crippen molar-refractivity contribution in [3.8, 4) is 5.75 Å². The molecule has 0 spiro atoms. The van der Waals surface area contributed by atoms with Gasteiger partial charge in [-0.1, -0.05) is 59.6 Å². The Morgan fingerprint density at radius 2 is 1.96 bits per heavy atom. The number of aryl methyl sites for hydroxylation is 1. The lowest BCUT2D eigenvalue weighted by Crippen LogP contribution is -2.01. The highest BCUT2D eigenvalue weighted by Crippen LogP contribution is 2.31. The van der Waals surface area contributed by atoms with Gasteiger partial charge >= 0.3 is 0 Å². The van der Waals surface area contributed by atoms with Crippen LogP contribution in [0.4, 0.5) is 0 Å². The van der Waals surface area contributed by atoms with Crippen molar-refractivity contribution in [3.63, 3.8) is 0 Å². The van der Waals surface area contributed by atoms with Gasteiger partial charge in [0.2, 0.25) is 0 Å². The molecule has 0 saturated carbocycles. The molecule has 0 fully saturated rings. The summed E-state index contributed by atoms with van der Waals surface area (Å²) in [6.07, 6.45) is 3.72. The van der Waals surface area contributed by atoms with Crippen molar-refractivity contribution in [3.05, 3.63) is 75.4 Å². The molecule has 0 atom stereocenters. The number of hydrogen-bond donors (Lipinski definition) is 1. The zero-order valence-electron chi connectivity index (χ0n) is 13.8. The van der Waals surface area contributed by atoms with Gasteiger partial charge in [0, 0.05) is 22.5 Å². The Kier molecular flexibility index (Phi) is 5.59. The fourth-order valence-corrected chi connectivity index (χ4v) is 3.10. The molecular weight excluding hydrogens is 355 g/mol. The number of para-hydroxylation sites is 1. The van der Waals surface area contributed by atoms with Crippen LogP contribution in [0.3, 0.4) is 0 Å². The lowest BCUT2D eigenvalue weighted by atomic mass is 10.1. The van der Waals surface area contributed by atoms with Crippen LogP contribution in [0.5, 0.6) is 5.75 Å². The number of fused-ring (bicyclic) bond motifs is 1. The normalized spacial score (nSPS) is 11.4. The predicted octanol–water partition coefficient (Wildman–Crippen LogP) is 5.40. The molecule has 5 heteroatoms. The van der Waals surface area contributed by atoms with Crippen LogP contribution in [0.25, 0.3) is 17.0 Å². The van der Waals surface area contributed by atoms with E-state index in [-0.39, 0.29) is 6.61 Å². The largest absolute Gasteiger partial charge is 0.487 e. The lowest BCUT2D eigenvalue weighted by Gasteiger charge is -2.13. The summed E-state index contributed by atoms with van der Waals surface area (Å²) < 4.78 is 5.97. The van der Waals surface area contributed by atoms with Gasteiger partial charge < -0.3 is 10.5 Å². The van der Waals surface area contributed by atoms with Gasteiger partial charge in [-0.25, -0.2) is 4.98 Å². The number of nitrogens with zero attached hydrogens (tertiary/aromatic N) is 1. The minimum Gasteiger partial charge on any atom is -0.487 e. The summed E-state index contributed by atoms with van der Waals surface area (Å²) in [5, 5.41) is 2.17. The van der Waals surface area contributed by atoms with Gasteiger partial charge in [-0.3, -0.25) is 0 Å². The van der Waals surface area contributed by atoms with E-state index >= 15 is 0 Å². The van der Waals surface area contributed by atoms with Crippen LogP contribution in [0.2, 0.25) is 10.0 Å². The molecule has 0 aliphatic heterocycles. The molecule has 0 unspecified atom stereocenters. The monoisotopic (exact) mass is 372 g/mol. The van der Waals surface area contributed by atoms with E-state index in [1.807, 2.05) is 61.5 Å². The average molecular weight is 373 g/mol. The molecule has 0 aliphatic rings. The molecule has 3 nitrogen and oxygen atoms in total. The summed E-state index contributed by atoms with van der Waals surface area (Å²) in [6, 6.07) is 13.6. The van der Waals surface area contributed by atoms with E-state index in [1.165, 1.54) is 0 Å². The van der Waals surface area contributed by atoms with Crippen molar-refractivity contribution in [1.82, 2.24) is 4.98 Å². The highest BCUT2D eigenvalue weighted by Gasteiger charge is 2.12. The number of rotatable bonds is 5. The molecule has 1 heterocycles. The molecule has 0 radical (unpaired) electrons. The number of hydrogen-bond acceptors (Lipinski definition) is 3. The van der Waals surface area contributed by atoms with Crippen LogP contribution in [-0.2, 0) is 6.61 Å². The first-order valence-corrected chi connectivity index (χ1v) is 8.68. The second-order valence-corrected chi connectivity index (χ2v) is 6.41. The molecule has 1 aromatic heterocycles. The SMILES string of the molecule is Cc1nc2ccccc2cc1OCc1c(Cl)ccc(C=CCN)c1Cl. The number of ether oxygens (including phenoxy) is 1. The van der Waals surface area contributed by atoms with Crippen molar-refractivity contribution in [2.45, 2.75) is 13.5 Å². The van der Waals surface area contributed by atoms with E-state index < -0.39 is 0 Å². The minimum absolute atomic E-state index is 0.267. The minimum atomic E-state index is 0.267. The Balaban J connectivity index is 1.89. The summed E-state index contributed by atoms with van der Waals surface area (Å²) in [6.45, 7) is 2.64. The maximum absolute atomic E-state index is 6.48. The zero-order chi connectivity index (χ0) is 17.8. The highest BCUT2D eigenvalue weighted by molar-refractivity contribution is 6.36. The van der Waals surface area contributed by atoms with Gasteiger partial charge in [0.15, 0.2) is 0 Å². The average Bonchev–Trinajstić information content (AvgIpc) is 2.61. The molecule has 2 aromatic carbocycles. The molecule has 128 valence electrons. The summed E-state index contributed by atoms with van der Waals surface area (Å²) in [4.78, 5) is 4.57. The Bertz CT molecular complexity index is 938. The summed E-state index contributed by atoms with van der Waals surface area (Å²) in [5.41, 5.74) is 8.88. The summed E-state index contributed by atoms with van der Waals surface area (Å²) in [7, 11) is 0. The van der Waals surface area contributed by atoms with Crippen LogP contribution < -0.4 is 10.5 Å². The fraction of sp³-hybridized carbons (Fsp3) is 0.150. The summed E-state index contributed by atoms with van der Waals surface area (Å²) >= 11 is 12.8. The van der Waals surface area contributed by atoms with Crippen molar-refractivity contribution in [2.24, 2.45) is 5.73 Å². The number of aromatic nitrogens is 1. The van der Waals surface area contributed by atoms with Crippen LogP contribution in [0, 0.1) is 6.92 Å². The van der Waals surface area contributed by atoms with Gasteiger partial charge in [0.05, 0.1) is 16.2 Å². The Morgan fingerprint density at radius 3 is 2.76 bits per heavy atom. The van der Waals surface area contributed by atoms with Gasteiger partial charge in [0.25, 0.3) is 0 Å². The zero-order valence-corrected chi connectivity index (χ0v) is 15.3. The maximum Gasteiger partial charge on any atom is 0.141 e. The third-order valence-corrected chi connectivity index (χ3v) is 4.69.